The summed E-state index contributed by atoms with van der Waals surface area (Å²) in [4.78, 5) is 23.4. The first-order valence-electron chi connectivity index (χ1n) is 6.57. The van der Waals surface area contributed by atoms with E-state index in [9.17, 15) is 9.59 Å². The third-order valence-electron chi connectivity index (χ3n) is 2.80. The molecule has 110 valence electrons. The van der Waals surface area contributed by atoms with Gasteiger partial charge in [0.1, 0.15) is 0 Å². The van der Waals surface area contributed by atoms with Gasteiger partial charge in [0.05, 0.1) is 18.8 Å². The predicted molar refractivity (Wildman–Crippen MR) is 72.2 cm³/mol. The summed E-state index contributed by atoms with van der Waals surface area (Å²) in [5.41, 5.74) is -0.0946. The Bertz CT molecular complexity index is 500. The monoisotopic (exact) mass is 280 g/mol. The topological polar surface area (TPSA) is 101 Å². The van der Waals surface area contributed by atoms with Crippen molar-refractivity contribution in [3.63, 3.8) is 0 Å². The number of carbonyl (C=O) groups is 2. The van der Waals surface area contributed by atoms with Crippen LogP contribution < -0.4 is 16.0 Å². The molecule has 1 aliphatic heterocycles. The van der Waals surface area contributed by atoms with Crippen LogP contribution in [0.5, 0.6) is 0 Å². The van der Waals surface area contributed by atoms with Gasteiger partial charge in [0, 0.05) is 18.6 Å². The van der Waals surface area contributed by atoms with Gasteiger partial charge in [-0.2, -0.15) is 0 Å². The van der Waals surface area contributed by atoms with Crippen LogP contribution >= 0.6 is 0 Å². The Kier molecular flexibility index (Phi) is 4.03. The third-order valence-corrected chi connectivity index (χ3v) is 2.80. The molecule has 0 bridgehead atoms. The lowest BCUT2D eigenvalue weighted by Gasteiger charge is -2.26. The number of aromatic nitrogens is 3. The van der Waals surface area contributed by atoms with Crippen molar-refractivity contribution in [2.45, 2.75) is 32.4 Å². The average Bonchev–Trinajstić information content (AvgIpc) is 2.70. The largest absolute Gasteiger partial charge is 0.350 e. The second-order valence-corrected chi connectivity index (χ2v) is 5.88. The zero-order valence-corrected chi connectivity index (χ0v) is 11.9. The Hall–Kier alpha value is -1.96. The van der Waals surface area contributed by atoms with Gasteiger partial charge in [-0.3, -0.25) is 9.59 Å². The fraction of sp³-hybridized carbons (Fsp3) is 0.667. The van der Waals surface area contributed by atoms with Gasteiger partial charge in [-0.1, -0.05) is 5.21 Å². The molecule has 0 aliphatic carbocycles. The van der Waals surface area contributed by atoms with Crippen LogP contribution in [-0.2, 0) is 4.79 Å². The molecule has 1 aromatic heterocycles. The van der Waals surface area contributed by atoms with E-state index in [0.29, 0.717) is 0 Å². The molecule has 20 heavy (non-hydrogen) atoms. The quantitative estimate of drug-likeness (QED) is 0.661. The molecular formula is C12H20N6O2. The van der Waals surface area contributed by atoms with Crippen LogP contribution in [0, 0.1) is 0 Å². The van der Waals surface area contributed by atoms with Crippen LogP contribution in [0.3, 0.4) is 0 Å². The zero-order valence-electron chi connectivity index (χ0n) is 11.9. The van der Waals surface area contributed by atoms with Gasteiger partial charge >= 0.3 is 0 Å². The minimum absolute atomic E-state index is 0.0754. The summed E-state index contributed by atoms with van der Waals surface area (Å²) in [6.45, 7) is 7.23. The molecule has 1 aromatic rings. The van der Waals surface area contributed by atoms with Crippen LogP contribution in [-0.4, -0.2) is 52.0 Å². The second kappa shape index (κ2) is 5.58. The normalized spacial score (nSPS) is 15.6. The summed E-state index contributed by atoms with van der Waals surface area (Å²) >= 11 is 0. The van der Waals surface area contributed by atoms with E-state index in [1.807, 2.05) is 20.8 Å². The lowest BCUT2D eigenvalue weighted by atomic mass is 10.1. The molecule has 1 saturated heterocycles. The second-order valence-electron chi connectivity index (χ2n) is 5.88. The molecule has 1 fully saturated rings. The van der Waals surface area contributed by atoms with Crippen molar-refractivity contribution in [3.05, 3.63) is 11.9 Å². The van der Waals surface area contributed by atoms with E-state index in [0.717, 1.165) is 13.1 Å². The van der Waals surface area contributed by atoms with E-state index >= 15 is 0 Å². The third kappa shape index (κ3) is 3.77. The first-order chi connectivity index (χ1) is 9.35. The summed E-state index contributed by atoms with van der Waals surface area (Å²) in [7, 11) is 0. The van der Waals surface area contributed by atoms with Crippen molar-refractivity contribution in [2.75, 3.05) is 19.6 Å². The highest BCUT2D eigenvalue weighted by Gasteiger charge is 2.22. The SMILES string of the molecule is CC(C)(C)NC(=O)CNC(=O)c1cn(C2CNC2)nn1. The van der Waals surface area contributed by atoms with Gasteiger partial charge in [-0.05, 0) is 20.8 Å². The molecule has 2 amide bonds. The number of nitrogens with one attached hydrogen (secondary N) is 3. The van der Waals surface area contributed by atoms with Crippen LogP contribution in [0.1, 0.15) is 37.3 Å². The number of nitrogens with zero attached hydrogens (tertiary/aromatic N) is 3. The van der Waals surface area contributed by atoms with Crippen molar-refractivity contribution in [1.82, 2.24) is 30.9 Å². The first kappa shape index (κ1) is 14.4. The van der Waals surface area contributed by atoms with Gasteiger partial charge in [0.25, 0.3) is 5.91 Å². The predicted octanol–water partition coefficient (Wildman–Crippen LogP) is -0.933. The van der Waals surface area contributed by atoms with Crippen molar-refractivity contribution >= 4 is 11.8 Å². The van der Waals surface area contributed by atoms with Crippen molar-refractivity contribution in [3.8, 4) is 0 Å². The van der Waals surface area contributed by atoms with E-state index in [4.69, 9.17) is 0 Å². The summed E-state index contributed by atoms with van der Waals surface area (Å²) in [6, 6.07) is 0.258. The van der Waals surface area contributed by atoms with Crippen LogP contribution in [0.15, 0.2) is 6.20 Å². The minimum Gasteiger partial charge on any atom is -0.350 e. The minimum atomic E-state index is -0.396. The summed E-state index contributed by atoms with van der Waals surface area (Å²) in [5.74, 6) is -0.631. The number of amides is 2. The Labute approximate surface area is 117 Å². The highest BCUT2D eigenvalue weighted by atomic mass is 16.2. The maximum Gasteiger partial charge on any atom is 0.273 e. The molecule has 0 saturated carbocycles. The van der Waals surface area contributed by atoms with Crippen LogP contribution in [0.2, 0.25) is 0 Å². The Balaban J connectivity index is 1.82. The van der Waals surface area contributed by atoms with E-state index in [1.165, 1.54) is 0 Å². The van der Waals surface area contributed by atoms with E-state index in [-0.39, 0.29) is 29.7 Å². The van der Waals surface area contributed by atoms with Gasteiger partial charge in [0.2, 0.25) is 5.91 Å². The highest BCUT2D eigenvalue weighted by Crippen LogP contribution is 2.09. The fourth-order valence-electron chi connectivity index (χ4n) is 1.73. The average molecular weight is 280 g/mol. The van der Waals surface area contributed by atoms with E-state index in [1.54, 1.807) is 10.9 Å². The summed E-state index contributed by atoms with van der Waals surface area (Å²) < 4.78 is 1.67. The van der Waals surface area contributed by atoms with Crippen molar-refractivity contribution < 1.29 is 9.59 Å². The van der Waals surface area contributed by atoms with Crippen molar-refractivity contribution in [2.24, 2.45) is 0 Å². The van der Waals surface area contributed by atoms with Crippen LogP contribution in [0.25, 0.3) is 0 Å². The van der Waals surface area contributed by atoms with Gasteiger partial charge in [-0.25, -0.2) is 4.68 Å². The van der Waals surface area contributed by atoms with E-state index in [2.05, 4.69) is 26.3 Å². The smallest absolute Gasteiger partial charge is 0.273 e. The fourth-order valence-corrected chi connectivity index (χ4v) is 1.73. The van der Waals surface area contributed by atoms with Gasteiger partial charge < -0.3 is 16.0 Å². The molecule has 8 heteroatoms. The standard InChI is InChI=1S/C12H20N6O2/c1-12(2,3)15-10(19)6-14-11(20)9-7-18(17-16-9)8-4-13-5-8/h7-8,13H,4-6H2,1-3H3,(H,14,20)(H,15,19). The molecule has 0 atom stereocenters. The molecule has 0 spiro atoms. The molecule has 2 rings (SSSR count). The van der Waals surface area contributed by atoms with E-state index < -0.39 is 5.91 Å². The number of hydrogen-bond acceptors (Lipinski definition) is 5. The maximum atomic E-state index is 11.8. The highest BCUT2D eigenvalue weighted by molar-refractivity contribution is 5.94. The zero-order chi connectivity index (χ0) is 14.8. The molecule has 8 nitrogen and oxygen atoms in total. The number of hydrogen-bond donors (Lipinski definition) is 3. The number of rotatable bonds is 4. The molecule has 0 aromatic carbocycles. The number of carbonyl (C=O) groups excluding carboxylic acids is 2. The Morgan fingerprint density at radius 1 is 1.45 bits per heavy atom. The first-order valence-corrected chi connectivity index (χ1v) is 6.57. The van der Waals surface area contributed by atoms with Gasteiger partial charge in [0.15, 0.2) is 5.69 Å². The molecular weight excluding hydrogens is 260 g/mol. The van der Waals surface area contributed by atoms with Crippen LogP contribution in [0.4, 0.5) is 0 Å². The summed E-state index contributed by atoms with van der Waals surface area (Å²) in [6.07, 6.45) is 1.60. The molecule has 1 aliphatic rings. The lowest BCUT2D eigenvalue weighted by Crippen LogP contribution is -2.45. The summed E-state index contributed by atoms with van der Waals surface area (Å²) in [5, 5.41) is 16.1. The molecule has 2 heterocycles. The lowest BCUT2D eigenvalue weighted by molar-refractivity contribution is -0.121. The van der Waals surface area contributed by atoms with Gasteiger partial charge in [-0.15, -0.1) is 5.10 Å². The van der Waals surface area contributed by atoms with Crippen molar-refractivity contribution in [1.29, 1.82) is 0 Å². The molecule has 0 unspecified atom stereocenters. The molecule has 0 radical (unpaired) electrons. The molecule has 3 N–H and O–H groups in total. The maximum absolute atomic E-state index is 11.8. The Morgan fingerprint density at radius 3 is 2.70 bits per heavy atom. The Morgan fingerprint density at radius 2 is 2.15 bits per heavy atom.